The number of hydrogen-bond acceptors (Lipinski definition) is 2. The first-order valence-electron chi connectivity index (χ1n) is 7.43. The summed E-state index contributed by atoms with van der Waals surface area (Å²) in [6, 6.07) is 0.590. The lowest BCUT2D eigenvalue weighted by Crippen LogP contribution is -2.44. The molecule has 1 N–H and O–H groups in total. The second kappa shape index (κ2) is 8.93. The molecule has 17 heavy (non-hydrogen) atoms. The Bertz CT molecular complexity index is 180. The molecule has 0 aliphatic carbocycles. The van der Waals surface area contributed by atoms with E-state index in [2.05, 4.69) is 51.8 Å². The van der Waals surface area contributed by atoms with Gasteiger partial charge in [0.05, 0.1) is 0 Å². The van der Waals surface area contributed by atoms with Gasteiger partial charge >= 0.3 is 0 Å². The van der Waals surface area contributed by atoms with Crippen LogP contribution in [0.4, 0.5) is 0 Å². The SMILES string of the molecule is CCCN(CC)CC(C)(CCC)CNC(C)C. The molecule has 0 aromatic heterocycles. The highest BCUT2D eigenvalue weighted by molar-refractivity contribution is 4.81. The van der Waals surface area contributed by atoms with Gasteiger partial charge in [0, 0.05) is 19.1 Å². The molecule has 0 aliphatic rings. The maximum Gasteiger partial charge on any atom is 0.00474 e. The van der Waals surface area contributed by atoms with E-state index < -0.39 is 0 Å². The van der Waals surface area contributed by atoms with Gasteiger partial charge in [-0.3, -0.25) is 0 Å². The molecule has 0 heterocycles. The summed E-state index contributed by atoms with van der Waals surface area (Å²) in [5, 5.41) is 3.62. The number of hydrogen-bond donors (Lipinski definition) is 1. The summed E-state index contributed by atoms with van der Waals surface area (Å²) in [5.74, 6) is 0. The van der Waals surface area contributed by atoms with Gasteiger partial charge in [-0.25, -0.2) is 0 Å². The van der Waals surface area contributed by atoms with E-state index in [1.54, 1.807) is 0 Å². The lowest BCUT2D eigenvalue weighted by molar-refractivity contribution is 0.152. The zero-order valence-electron chi connectivity index (χ0n) is 13.0. The molecule has 0 aromatic rings. The average Bonchev–Trinajstić information content (AvgIpc) is 2.26. The Morgan fingerprint density at radius 2 is 1.76 bits per heavy atom. The Morgan fingerprint density at radius 3 is 2.18 bits per heavy atom. The molecule has 104 valence electrons. The van der Waals surface area contributed by atoms with Crippen LogP contribution in [0.1, 0.15) is 60.8 Å². The molecule has 0 aromatic carbocycles. The third kappa shape index (κ3) is 7.77. The molecule has 0 aliphatic heterocycles. The van der Waals surface area contributed by atoms with Crippen LogP contribution in [0.15, 0.2) is 0 Å². The first kappa shape index (κ1) is 16.9. The molecule has 0 bridgehead atoms. The van der Waals surface area contributed by atoms with Gasteiger partial charge in [0.2, 0.25) is 0 Å². The lowest BCUT2D eigenvalue weighted by atomic mass is 9.84. The summed E-state index contributed by atoms with van der Waals surface area (Å²) in [5.41, 5.74) is 0.421. The molecule has 0 radical (unpaired) electrons. The van der Waals surface area contributed by atoms with Crippen molar-refractivity contribution in [3.8, 4) is 0 Å². The van der Waals surface area contributed by atoms with E-state index in [4.69, 9.17) is 0 Å². The molecule has 0 spiro atoms. The van der Waals surface area contributed by atoms with Crippen molar-refractivity contribution in [3.05, 3.63) is 0 Å². The summed E-state index contributed by atoms with van der Waals surface area (Å²) in [7, 11) is 0. The third-order valence-corrected chi connectivity index (χ3v) is 3.38. The first-order chi connectivity index (χ1) is 7.97. The Hall–Kier alpha value is -0.0800. The minimum atomic E-state index is 0.421. The predicted octanol–water partition coefficient (Wildman–Crippen LogP) is 3.52. The van der Waals surface area contributed by atoms with E-state index in [1.165, 1.54) is 38.9 Å². The quantitative estimate of drug-likeness (QED) is 0.630. The fourth-order valence-electron chi connectivity index (χ4n) is 2.48. The van der Waals surface area contributed by atoms with Gasteiger partial charge in [0.1, 0.15) is 0 Å². The minimum absolute atomic E-state index is 0.421. The monoisotopic (exact) mass is 242 g/mol. The third-order valence-electron chi connectivity index (χ3n) is 3.38. The van der Waals surface area contributed by atoms with Gasteiger partial charge in [-0.15, -0.1) is 0 Å². The highest BCUT2D eigenvalue weighted by atomic mass is 15.1. The summed E-state index contributed by atoms with van der Waals surface area (Å²) in [4.78, 5) is 2.59. The largest absolute Gasteiger partial charge is 0.314 e. The first-order valence-corrected chi connectivity index (χ1v) is 7.43. The van der Waals surface area contributed by atoms with Gasteiger partial charge in [0.25, 0.3) is 0 Å². The zero-order chi connectivity index (χ0) is 13.3. The van der Waals surface area contributed by atoms with Gasteiger partial charge < -0.3 is 10.2 Å². The van der Waals surface area contributed by atoms with Crippen LogP contribution in [-0.2, 0) is 0 Å². The van der Waals surface area contributed by atoms with Crippen molar-refractivity contribution in [2.45, 2.75) is 66.8 Å². The Balaban J connectivity index is 4.35. The van der Waals surface area contributed by atoms with E-state index in [0.717, 1.165) is 6.54 Å². The van der Waals surface area contributed by atoms with Crippen molar-refractivity contribution in [2.75, 3.05) is 26.2 Å². The van der Waals surface area contributed by atoms with E-state index in [0.29, 0.717) is 11.5 Å². The molecule has 2 nitrogen and oxygen atoms in total. The van der Waals surface area contributed by atoms with Crippen LogP contribution in [0.3, 0.4) is 0 Å². The molecule has 1 unspecified atom stereocenters. The minimum Gasteiger partial charge on any atom is -0.314 e. The Kier molecular flexibility index (Phi) is 8.89. The van der Waals surface area contributed by atoms with Crippen molar-refractivity contribution < 1.29 is 0 Å². The van der Waals surface area contributed by atoms with Gasteiger partial charge in [-0.05, 0) is 31.3 Å². The normalized spacial score (nSPS) is 15.5. The average molecular weight is 242 g/mol. The molecule has 1 atom stereocenters. The number of nitrogens with zero attached hydrogens (tertiary/aromatic N) is 1. The molecule has 0 saturated carbocycles. The van der Waals surface area contributed by atoms with Crippen molar-refractivity contribution >= 4 is 0 Å². The van der Waals surface area contributed by atoms with Crippen molar-refractivity contribution in [3.63, 3.8) is 0 Å². The van der Waals surface area contributed by atoms with Crippen LogP contribution in [0.5, 0.6) is 0 Å². The fraction of sp³-hybridized carbons (Fsp3) is 1.00. The van der Waals surface area contributed by atoms with Gasteiger partial charge in [-0.2, -0.15) is 0 Å². The molecule has 0 amide bonds. The van der Waals surface area contributed by atoms with Crippen LogP contribution in [0.2, 0.25) is 0 Å². The predicted molar refractivity (Wildman–Crippen MR) is 78.6 cm³/mol. The lowest BCUT2D eigenvalue weighted by Gasteiger charge is -2.36. The summed E-state index contributed by atoms with van der Waals surface area (Å²) < 4.78 is 0. The molecule has 0 saturated heterocycles. The fourth-order valence-corrected chi connectivity index (χ4v) is 2.48. The molecule has 0 rings (SSSR count). The molecule has 0 fully saturated rings. The van der Waals surface area contributed by atoms with Crippen molar-refractivity contribution in [2.24, 2.45) is 5.41 Å². The van der Waals surface area contributed by atoms with Crippen LogP contribution in [0, 0.1) is 5.41 Å². The van der Waals surface area contributed by atoms with Gasteiger partial charge in [-0.1, -0.05) is 48.0 Å². The Labute approximate surface area is 109 Å². The van der Waals surface area contributed by atoms with Crippen LogP contribution >= 0.6 is 0 Å². The zero-order valence-corrected chi connectivity index (χ0v) is 13.0. The Morgan fingerprint density at radius 1 is 1.12 bits per heavy atom. The van der Waals surface area contributed by atoms with E-state index in [9.17, 15) is 0 Å². The molecular formula is C15H34N2. The van der Waals surface area contributed by atoms with Crippen molar-refractivity contribution in [1.82, 2.24) is 10.2 Å². The smallest absolute Gasteiger partial charge is 0.00474 e. The second-order valence-electron chi connectivity index (χ2n) is 5.97. The highest BCUT2D eigenvalue weighted by Gasteiger charge is 2.25. The number of rotatable bonds is 10. The standard InChI is InChI=1S/C15H34N2/c1-7-10-15(6,12-16-14(4)5)13-17(9-3)11-8-2/h14,16H,7-13H2,1-6H3. The second-order valence-corrected chi connectivity index (χ2v) is 5.97. The topological polar surface area (TPSA) is 15.3 Å². The summed E-state index contributed by atoms with van der Waals surface area (Å²) in [6.45, 7) is 18.5. The maximum absolute atomic E-state index is 3.62. The molecular weight excluding hydrogens is 208 g/mol. The highest BCUT2D eigenvalue weighted by Crippen LogP contribution is 2.24. The van der Waals surface area contributed by atoms with Crippen LogP contribution < -0.4 is 5.32 Å². The van der Waals surface area contributed by atoms with Gasteiger partial charge in [0.15, 0.2) is 0 Å². The summed E-state index contributed by atoms with van der Waals surface area (Å²) >= 11 is 0. The van der Waals surface area contributed by atoms with E-state index >= 15 is 0 Å². The number of nitrogens with one attached hydrogen (secondary N) is 1. The molecule has 2 heteroatoms. The van der Waals surface area contributed by atoms with Crippen molar-refractivity contribution in [1.29, 1.82) is 0 Å². The van der Waals surface area contributed by atoms with Crippen LogP contribution in [0.25, 0.3) is 0 Å². The maximum atomic E-state index is 3.62. The van der Waals surface area contributed by atoms with E-state index in [1.807, 2.05) is 0 Å². The summed E-state index contributed by atoms with van der Waals surface area (Å²) in [6.07, 6.45) is 3.85. The van der Waals surface area contributed by atoms with E-state index in [-0.39, 0.29) is 0 Å². The van der Waals surface area contributed by atoms with Crippen LogP contribution in [-0.4, -0.2) is 37.1 Å².